The maximum absolute atomic E-state index is 5.58. The number of ether oxygens (including phenoxy) is 2. The molecule has 18 heavy (non-hydrogen) atoms. The Labute approximate surface area is 107 Å². The molecule has 0 aliphatic carbocycles. The zero-order chi connectivity index (χ0) is 12.6. The minimum absolute atomic E-state index is 0.487. The first-order valence-corrected chi connectivity index (χ1v) is 6.01. The van der Waals surface area contributed by atoms with Crippen molar-refractivity contribution >= 4 is 0 Å². The molecule has 0 N–H and O–H groups in total. The molecule has 2 aromatic rings. The highest BCUT2D eigenvalue weighted by Crippen LogP contribution is 2.11. The predicted octanol–water partition coefficient (Wildman–Crippen LogP) is 2.97. The van der Waals surface area contributed by atoms with Gasteiger partial charge in [-0.25, -0.2) is 0 Å². The van der Waals surface area contributed by atoms with Crippen molar-refractivity contribution in [3.05, 3.63) is 47.9 Å². The van der Waals surface area contributed by atoms with Crippen LogP contribution in [-0.2, 0) is 11.3 Å². The maximum atomic E-state index is 5.58. The van der Waals surface area contributed by atoms with Gasteiger partial charge in [-0.15, -0.1) is 0 Å². The Kier molecular flexibility index (Phi) is 4.78. The van der Waals surface area contributed by atoms with Gasteiger partial charge in [0.2, 0.25) is 0 Å². The lowest BCUT2D eigenvalue weighted by Gasteiger charge is -2.06. The van der Waals surface area contributed by atoms with E-state index < -0.39 is 0 Å². The molecule has 0 bridgehead atoms. The lowest BCUT2D eigenvalue weighted by atomic mass is 10.2. The Morgan fingerprint density at radius 2 is 1.94 bits per heavy atom. The van der Waals surface area contributed by atoms with Crippen LogP contribution >= 0.6 is 0 Å². The van der Waals surface area contributed by atoms with Crippen molar-refractivity contribution in [2.45, 2.75) is 20.0 Å². The van der Waals surface area contributed by atoms with E-state index in [1.54, 1.807) is 12.3 Å². The second-order valence-corrected chi connectivity index (χ2v) is 4.06. The molecule has 1 aromatic heterocycles. The molecule has 0 saturated carbocycles. The van der Waals surface area contributed by atoms with E-state index in [9.17, 15) is 0 Å². The molecule has 0 radical (unpaired) electrons. The van der Waals surface area contributed by atoms with Crippen molar-refractivity contribution in [2.75, 3.05) is 13.2 Å². The fourth-order valence-corrected chi connectivity index (χ4v) is 1.47. The Bertz CT molecular complexity index is 437. The average Bonchev–Trinajstić information content (AvgIpc) is 2.89. The standard InChI is InChI=1S/C14H17NO3/c1-12-3-5-14(6-4-12)17-9-2-8-16-11-13-7-10-18-15-13/h3-7,10H,2,8-9,11H2,1H3. The predicted molar refractivity (Wildman–Crippen MR) is 67.5 cm³/mol. The van der Waals surface area contributed by atoms with Crippen LogP contribution in [-0.4, -0.2) is 18.4 Å². The summed E-state index contributed by atoms with van der Waals surface area (Å²) in [4.78, 5) is 0. The van der Waals surface area contributed by atoms with Gasteiger partial charge < -0.3 is 14.0 Å². The van der Waals surface area contributed by atoms with Crippen LogP contribution in [0.5, 0.6) is 5.75 Å². The third-order valence-electron chi connectivity index (χ3n) is 2.46. The second-order valence-electron chi connectivity index (χ2n) is 4.06. The number of rotatable bonds is 7. The van der Waals surface area contributed by atoms with E-state index >= 15 is 0 Å². The largest absolute Gasteiger partial charge is 0.494 e. The number of nitrogens with zero attached hydrogens (tertiary/aromatic N) is 1. The van der Waals surface area contributed by atoms with Crippen LogP contribution < -0.4 is 4.74 Å². The molecule has 96 valence electrons. The smallest absolute Gasteiger partial charge is 0.124 e. The highest BCUT2D eigenvalue weighted by molar-refractivity contribution is 5.26. The minimum Gasteiger partial charge on any atom is -0.494 e. The molecule has 0 unspecified atom stereocenters. The molecule has 0 spiro atoms. The van der Waals surface area contributed by atoms with Gasteiger partial charge in [0.25, 0.3) is 0 Å². The molecule has 1 aromatic carbocycles. The average molecular weight is 247 g/mol. The molecular formula is C14H17NO3. The van der Waals surface area contributed by atoms with E-state index in [4.69, 9.17) is 14.0 Å². The van der Waals surface area contributed by atoms with Crippen LogP contribution in [0.25, 0.3) is 0 Å². The molecule has 2 rings (SSSR count). The number of benzene rings is 1. The summed E-state index contributed by atoms with van der Waals surface area (Å²) in [6.45, 7) is 3.85. The molecule has 4 heteroatoms. The van der Waals surface area contributed by atoms with E-state index in [2.05, 4.69) is 12.1 Å². The molecule has 0 saturated heterocycles. The monoisotopic (exact) mass is 247 g/mol. The van der Waals surface area contributed by atoms with Crippen molar-refractivity contribution in [3.63, 3.8) is 0 Å². The first-order valence-electron chi connectivity index (χ1n) is 6.01. The summed E-state index contributed by atoms with van der Waals surface area (Å²) in [5, 5.41) is 3.76. The van der Waals surface area contributed by atoms with Gasteiger partial charge in [0.15, 0.2) is 0 Å². The van der Waals surface area contributed by atoms with E-state index in [1.807, 2.05) is 24.3 Å². The van der Waals surface area contributed by atoms with Gasteiger partial charge >= 0.3 is 0 Å². The minimum atomic E-state index is 0.487. The molecule has 0 aliphatic heterocycles. The van der Waals surface area contributed by atoms with Crippen LogP contribution in [0, 0.1) is 6.92 Å². The third-order valence-corrected chi connectivity index (χ3v) is 2.46. The van der Waals surface area contributed by atoms with Crippen molar-refractivity contribution in [1.82, 2.24) is 5.16 Å². The Morgan fingerprint density at radius 1 is 1.11 bits per heavy atom. The fourth-order valence-electron chi connectivity index (χ4n) is 1.47. The summed E-state index contributed by atoms with van der Waals surface area (Å²) in [5.74, 6) is 0.900. The Morgan fingerprint density at radius 3 is 2.67 bits per heavy atom. The molecule has 0 fully saturated rings. The molecule has 1 heterocycles. The van der Waals surface area contributed by atoms with Crippen molar-refractivity contribution < 1.29 is 14.0 Å². The van der Waals surface area contributed by atoms with Crippen molar-refractivity contribution in [3.8, 4) is 5.75 Å². The van der Waals surface area contributed by atoms with Crippen LogP contribution in [0.2, 0.25) is 0 Å². The van der Waals surface area contributed by atoms with Gasteiger partial charge in [-0.1, -0.05) is 22.9 Å². The van der Waals surface area contributed by atoms with E-state index in [0.717, 1.165) is 17.9 Å². The zero-order valence-corrected chi connectivity index (χ0v) is 10.5. The molecule has 0 aliphatic rings. The number of aromatic nitrogens is 1. The van der Waals surface area contributed by atoms with Crippen molar-refractivity contribution in [2.24, 2.45) is 0 Å². The van der Waals surface area contributed by atoms with E-state index in [0.29, 0.717) is 19.8 Å². The summed E-state index contributed by atoms with van der Waals surface area (Å²) in [6.07, 6.45) is 2.39. The van der Waals surface area contributed by atoms with Crippen LogP contribution in [0.3, 0.4) is 0 Å². The van der Waals surface area contributed by atoms with Gasteiger partial charge in [0.05, 0.1) is 19.8 Å². The summed E-state index contributed by atoms with van der Waals surface area (Å²) in [7, 11) is 0. The first-order chi connectivity index (χ1) is 8.84. The van der Waals surface area contributed by atoms with Gasteiger partial charge in [0, 0.05) is 12.5 Å². The quantitative estimate of drug-likeness (QED) is 0.705. The van der Waals surface area contributed by atoms with Crippen LogP contribution in [0.1, 0.15) is 17.7 Å². The lowest BCUT2D eigenvalue weighted by Crippen LogP contribution is -2.03. The Hall–Kier alpha value is -1.81. The molecule has 4 nitrogen and oxygen atoms in total. The van der Waals surface area contributed by atoms with Gasteiger partial charge in [-0.3, -0.25) is 0 Å². The Balaban J connectivity index is 1.55. The fraction of sp³-hybridized carbons (Fsp3) is 0.357. The van der Waals surface area contributed by atoms with Gasteiger partial charge in [0.1, 0.15) is 17.7 Å². The number of hydrogen-bond donors (Lipinski definition) is 0. The highest BCUT2D eigenvalue weighted by Gasteiger charge is 1.97. The van der Waals surface area contributed by atoms with Crippen LogP contribution in [0.4, 0.5) is 0 Å². The lowest BCUT2D eigenvalue weighted by molar-refractivity contribution is 0.103. The third kappa shape index (κ3) is 4.22. The summed E-state index contributed by atoms with van der Waals surface area (Å²) in [6, 6.07) is 9.83. The maximum Gasteiger partial charge on any atom is 0.124 e. The zero-order valence-electron chi connectivity index (χ0n) is 10.5. The number of aryl methyl sites for hydroxylation is 1. The normalized spacial score (nSPS) is 10.5. The summed E-state index contributed by atoms with van der Waals surface area (Å²) < 4.78 is 15.7. The summed E-state index contributed by atoms with van der Waals surface area (Å²) >= 11 is 0. The number of hydrogen-bond acceptors (Lipinski definition) is 4. The first kappa shape index (κ1) is 12.6. The second kappa shape index (κ2) is 6.81. The molecule has 0 amide bonds. The molecule has 0 atom stereocenters. The van der Waals surface area contributed by atoms with Crippen LogP contribution in [0.15, 0.2) is 41.1 Å². The topological polar surface area (TPSA) is 44.5 Å². The van der Waals surface area contributed by atoms with Crippen molar-refractivity contribution in [1.29, 1.82) is 0 Å². The highest BCUT2D eigenvalue weighted by atomic mass is 16.5. The summed E-state index contributed by atoms with van der Waals surface area (Å²) in [5.41, 5.74) is 2.05. The molecular weight excluding hydrogens is 230 g/mol. The van der Waals surface area contributed by atoms with E-state index in [-0.39, 0.29) is 0 Å². The van der Waals surface area contributed by atoms with E-state index in [1.165, 1.54) is 5.56 Å². The van der Waals surface area contributed by atoms with Gasteiger partial charge in [-0.2, -0.15) is 0 Å². The SMILES string of the molecule is Cc1ccc(OCCCOCc2ccon2)cc1. The van der Waals surface area contributed by atoms with Gasteiger partial charge in [-0.05, 0) is 19.1 Å².